The van der Waals surface area contributed by atoms with Gasteiger partial charge in [0.15, 0.2) is 5.76 Å². The van der Waals surface area contributed by atoms with Crippen LogP contribution in [-0.2, 0) is 4.79 Å². The Hall–Kier alpha value is -2.40. The Morgan fingerprint density at radius 3 is 2.70 bits per heavy atom. The van der Waals surface area contributed by atoms with Gasteiger partial charge in [-0.3, -0.25) is 19.3 Å². The van der Waals surface area contributed by atoms with Crippen molar-refractivity contribution in [2.24, 2.45) is 0 Å². The molecule has 0 saturated heterocycles. The molecule has 2 heterocycles. The van der Waals surface area contributed by atoms with E-state index in [1.807, 2.05) is 0 Å². The van der Waals surface area contributed by atoms with Gasteiger partial charge in [-0.1, -0.05) is 17.7 Å². The van der Waals surface area contributed by atoms with Crippen LogP contribution in [0.1, 0.15) is 20.9 Å². The van der Waals surface area contributed by atoms with E-state index in [9.17, 15) is 14.4 Å². The van der Waals surface area contributed by atoms with Crippen molar-refractivity contribution in [2.75, 3.05) is 11.4 Å². The number of hydrogen-bond donors (Lipinski definition) is 0. The smallest absolute Gasteiger partial charge is 0.299 e. The van der Waals surface area contributed by atoms with Gasteiger partial charge in [-0.25, -0.2) is 0 Å². The van der Waals surface area contributed by atoms with Crippen LogP contribution < -0.4 is 4.90 Å². The minimum Gasteiger partial charge on any atom is -0.461 e. The van der Waals surface area contributed by atoms with Gasteiger partial charge in [0, 0.05) is 0 Å². The maximum absolute atomic E-state index is 12.0. The van der Waals surface area contributed by atoms with E-state index in [0.29, 0.717) is 5.69 Å². The van der Waals surface area contributed by atoms with Gasteiger partial charge in [-0.2, -0.15) is 0 Å². The van der Waals surface area contributed by atoms with Gasteiger partial charge >= 0.3 is 0 Å². The zero-order valence-electron chi connectivity index (χ0n) is 10.1. The summed E-state index contributed by atoms with van der Waals surface area (Å²) in [5.41, 5.74) is 0.499. The minimum absolute atomic E-state index is 0.140. The highest BCUT2D eigenvalue weighted by Gasteiger charge is 2.38. The first-order valence-corrected chi connectivity index (χ1v) is 6.19. The Bertz CT molecular complexity index is 721. The van der Waals surface area contributed by atoms with E-state index in [2.05, 4.69) is 0 Å². The number of amides is 1. The third-order valence-electron chi connectivity index (χ3n) is 3.05. The van der Waals surface area contributed by atoms with Gasteiger partial charge in [0.25, 0.3) is 11.7 Å². The van der Waals surface area contributed by atoms with E-state index in [1.54, 1.807) is 18.2 Å². The molecule has 6 heteroatoms. The molecule has 0 spiro atoms. The number of Topliss-reactive ketones (excluding diaryl/α,β-unsaturated/α-hetero) is 2. The van der Waals surface area contributed by atoms with Crippen LogP contribution >= 0.6 is 11.6 Å². The minimum atomic E-state index is -0.756. The summed E-state index contributed by atoms with van der Waals surface area (Å²) in [5.74, 6) is -1.70. The number of carbonyl (C=O) groups is 3. The molecule has 0 radical (unpaired) electrons. The molecule has 5 nitrogen and oxygen atoms in total. The summed E-state index contributed by atoms with van der Waals surface area (Å²) in [6.45, 7) is -0.259. The van der Waals surface area contributed by atoms with Gasteiger partial charge in [0.05, 0.1) is 29.1 Å². The molecule has 0 bridgehead atoms. The van der Waals surface area contributed by atoms with Crippen LogP contribution in [0.5, 0.6) is 0 Å². The number of rotatable bonds is 3. The monoisotopic (exact) mass is 289 g/mol. The second-order valence-electron chi connectivity index (χ2n) is 4.25. The Balaban J connectivity index is 1.96. The van der Waals surface area contributed by atoms with E-state index in [0.717, 1.165) is 4.90 Å². The van der Waals surface area contributed by atoms with Crippen molar-refractivity contribution >= 4 is 34.8 Å². The Labute approximate surface area is 118 Å². The topological polar surface area (TPSA) is 67.6 Å². The fourth-order valence-corrected chi connectivity index (χ4v) is 2.37. The third-order valence-corrected chi connectivity index (χ3v) is 3.36. The number of halogens is 1. The lowest BCUT2D eigenvalue weighted by Gasteiger charge is -2.14. The summed E-state index contributed by atoms with van der Waals surface area (Å²) < 4.78 is 4.98. The van der Waals surface area contributed by atoms with E-state index < -0.39 is 11.7 Å². The van der Waals surface area contributed by atoms with E-state index in [-0.39, 0.29) is 28.7 Å². The number of fused-ring (bicyclic) bond motifs is 1. The third kappa shape index (κ3) is 1.83. The molecular formula is C14H8ClNO4. The van der Waals surface area contributed by atoms with Crippen LogP contribution in [0.25, 0.3) is 0 Å². The van der Waals surface area contributed by atoms with Crippen molar-refractivity contribution in [3.05, 3.63) is 52.9 Å². The lowest BCUT2D eigenvalue weighted by atomic mass is 10.1. The molecule has 1 aliphatic heterocycles. The van der Waals surface area contributed by atoms with Gasteiger partial charge in [0.2, 0.25) is 5.78 Å². The molecule has 20 heavy (non-hydrogen) atoms. The summed E-state index contributed by atoms with van der Waals surface area (Å²) >= 11 is 5.93. The molecule has 1 aromatic heterocycles. The molecule has 0 unspecified atom stereocenters. The van der Waals surface area contributed by atoms with Gasteiger partial charge in [-0.05, 0) is 24.3 Å². The van der Waals surface area contributed by atoms with Crippen LogP contribution in [0.2, 0.25) is 5.02 Å². The van der Waals surface area contributed by atoms with Gasteiger partial charge in [0.1, 0.15) is 0 Å². The number of nitrogens with zero attached hydrogens (tertiary/aromatic N) is 1. The van der Waals surface area contributed by atoms with Crippen molar-refractivity contribution in [3.63, 3.8) is 0 Å². The lowest BCUT2D eigenvalue weighted by Crippen LogP contribution is -2.34. The second kappa shape index (κ2) is 4.61. The van der Waals surface area contributed by atoms with Crippen molar-refractivity contribution in [3.8, 4) is 0 Å². The van der Waals surface area contributed by atoms with Crippen molar-refractivity contribution < 1.29 is 18.8 Å². The van der Waals surface area contributed by atoms with Crippen LogP contribution in [0.4, 0.5) is 5.69 Å². The fourth-order valence-electron chi connectivity index (χ4n) is 2.12. The first-order chi connectivity index (χ1) is 9.59. The number of hydrogen-bond acceptors (Lipinski definition) is 4. The van der Waals surface area contributed by atoms with Crippen LogP contribution in [0.3, 0.4) is 0 Å². The maximum Gasteiger partial charge on any atom is 0.299 e. The summed E-state index contributed by atoms with van der Waals surface area (Å²) in [4.78, 5) is 36.9. The van der Waals surface area contributed by atoms with Crippen molar-refractivity contribution in [1.82, 2.24) is 0 Å². The Morgan fingerprint density at radius 1 is 1.20 bits per heavy atom. The molecule has 0 saturated carbocycles. The van der Waals surface area contributed by atoms with Crippen LogP contribution in [0, 0.1) is 0 Å². The highest BCUT2D eigenvalue weighted by Crippen LogP contribution is 2.34. The van der Waals surface area contributed by atoms with E-state index in [1.165, 1.54) is 18.4 Å². The van der Waals surface area contributed by atoms with Crippen LogP contribution in [-0.4, -0.2) is 24.0 Å². The molecule has 1 aliphatic rings. The van der Waals surface area contributed by atoms with Gasteiger partial charge in [-0.15, -0.1) is 0 Å². The van der Waals surface area contributed by atoms with Crippen LogP contribution in [0.15, 0.2) is 41.0 Å². The SMILES string of the molecule is O=C(CN1C(=O)C(=O)c2c(Cl)cccc21)c1ccco1. The summed E-state index contributed by atoms with van der Waals surface area (Å²) in [5, 5.41) is 0.203. The zero-order chi connectivity index (χ0) is 14.3. The molecule has 1 amide bonds. The predicted octanol–water partition coefficient (Wildman–Crippen LogP) is 2.35. The molecule has 100 valence electrons. The van der Waals surface area contributed by atoms with E-state index >= 15 is 0 Å². The second-order valence-corrected chi connectivity index (χ2v) is 4.66. The van der Waals surface area contributed by atoms with E-state index in [4.69, 9.17) is 16.0 Å². The summed E-state index contributed by atoms with van der Waals surface area (Å²) in [6, 6.07) is 7.82. The first-order valence-electron chi connectivity index (χ1n) is 5.81. The highest BCUT2D eigenvalue weighted by atomic mass is 35.5. The summed E-state index contributed by atoms with van der Waals surface area (Å²) in [7, 11) is 0. The normalized spacial score (nSPS) is 13.8. The number of anilines is 1. The quantitative estimate of drug-likeness (QED) is 0.642. The Morgan fingerprint density at radius 2 is 2.00 bits per heavy atom. The average Bonchev–Trinajstić information content (AvgIpc) is 3.03. The standard InChI is InChI=1S/C14H8ClNO4/c15-8-3-1-4-9-12(8)13(18)14(19)16(9)7-10(17)11-5-2-6-20-11/h1-6H,7H2. The number of benzene rings is 1. The molecule has 1 aromatic carbocycles. The zero-order valence-corrected chi connectivity index (χ0v) is 10.9. The van der Waals surface area contributed by atoms with Crippen molar-refractivity contribution in [1.29, 1.82) is 0 Å². The molecule has 0 N–H and O–H groups in total. The molecule has 3 rings (SSSR count). The summed E-state index contributed by atoms with van der Waals surface area (Å²) in [6.07, 6.45) is 1.37. The first kappa shape index (κ1) is 12.6. The number of ketones is 2. The fraction of sp³-hybridized carbons (Fsp3) is 0.0714. The molecular weight excluding hydrogens is 282 g/mol. The van der Waals surface area contributed by atoms with Crippen molar-refractivity contribution in [2.45, 2.75) is 0 Å². The molecule has 0 aliphatic carbocycles. The predicted molar refractivity (Wildman–Crippen MR) is 71.2 cm³/mol. The Kier molecular flexibility index (Phi) is 2.91. The number of carbonyl (C=O) groups excluding carboxylic acids is 3. The molecule has 0 atom stereocenters. The molecule has 2 aromatic rings. The average molecular weight is 290 g/mol. The lowest BCUT2D eigenvalue weighted by molar-refractivity contribution is -0.114. The molecule has 0 fully saturated rings. The van der Waals surface area contributed by atoms with Gasteiger partial charge < -0.3 is 4.42 Å². The largest absolute Gasteiger partial charge is 0.461 e. The maximum atomic E-state index is 12.0. The number of furan rings is 1. The highest BCUT2D eigenvalue weighted by molar-refractivity contribution is 6.55.